The molecule has 11 nitrogen and oxygen atoms in total. The number of ether oxygens (including phenoxy) is 1. The first kappa shape index (κ1) is 22.2. The SMILES string of the molecule is COc1ccc(Cl)c(Nc2nc3cccnc3nc2NS(=O)(=O)c2cccc([N+](=O)[O-])c2)c1. The Balaban J connectivity index is 1.80. The first-order valence-corrected chi connectivity index (χ1v) is 11.1. The van der Waals surface area contributed by atoms with Crippen molar-refractivity contribution >= 4 is 55.8 Å². The fourth-order valence-electron chi connectivity index (χ4n) is 2.86. The Morgan fingerprint density at radius 3 is 2.64 bits per heavy atom. The molecular weight excluding hydrogens is 472 g/mol. The number of methoxy groups -OCH3 is 1. The van der Waals surface area contributed by atoms with Crippen molar-refractivity contribution in [1.82, 2.24) is 15.0 Å². The minimum atomic E-state index is -4.26. The average molecular weight is 487 g/mol. The number of hydrogen-bond donors (Lipinski definition) is 2. The summed E-state index contributed by atoms with van der Waals surface area (Å²) in [7, 11) is -2.76. The van der Waals surface area contributed by atoms with E-state index >= 15 is 0 Å². The minimum absolute atomic E-state index is 0.0414. The van der Waals surface area contributed by atoms with E-state index in [1.54, 1.807) is 30.3 Å². The van der Waals surface area contributed by atoms with E-state index in [2.05, 4.69) is 25.0 Å². The number of nitro groups is 1. The molecule has 0 saturated carbocycles. The van der Waals surface area contributed by atoms with Crippen LogP contribution in [0.3, 0.4) is 0 Å². The van der Waals surface area contributed by atoms with Crippen molar-refractivity contribution in [2.75, 3.05) is 17.1 Å². The maximum Gasteiger partial charge on any atom is 0.270 e. The van der Waals surface area contributed by atoms with Gasteiger partial charge in [0.1, 0.15) is 11.3 Å². The van der Waals surface area contributed by atoms with Crippen molar-refractivity contribution in [3.63, 3.8) is 0 Å². The van der Waals surface area contributed by atoms with E-state index in [4.69, 9.17) is 16.3 Å². The predicted molar refractivity (Wildman–Crippen MR) is 123 cm³/mol. The fourth-order valence-corrected chi connectivity index (χ4v) is 4.07. The van der Waals surface area contributed by atoms with Gasteiger partial charge in [-0.3, -0.25) is 14.8 Å². The molecule has 2 aromatic carbocycles. The summed E-state index contributed by atoms with van der Waals surface area (Å²) >= 11 is 6.27. The smallest absolute Gasteiger partial charge is 0.270 e. The maximum atomic E-state index is 13.0. The second kappa shape index (κ2) is 8.84. The van der Waals surface area contributed by atoms with E-state index in [1.807, 2.05) is 0 Å². The van der Waals surface area contributed by atoms with Crippen LogP contribution < -0.4 is 14.8 Å². The van der Waals surface area contributed by atoms with Gasteiger partial charge in [-0.1, -0.05) is 17.7 Å². The molecule has 0 spiro atoms. The number of aromatic nitrogens is 3. The molecule has 0 fully saturated rings. The highest BCUT2D eigenvalue weighted by molar-refractivity contribution is 7.92. The van der Waals surface area contributed by atoms with Crippen LogP contribution in [0.2, 0.25) is 5.02 Å². The fraction of sp³-hybridized carbons (Fsp3) is 0.0500. The average Bonchev–Trinajstić information content (AvgIpc) is 2.80. The van der Waals surface area contributed by atoms with Gasteiger partial charge in [0, 0.05) is 24.4 Å². The van der Waals surface area contributed by atoms with Crippen LogP contribution in [0.5, 0.6) is 5.75 Å². The van der Waals surface area contributed by atoms with Crippen LogP contribution in [-0.2, 0) is 10.0 Å². The summed E-state index contributed by atoms with van der Waals surface area (Å²) in [6.45, 7) is 0. The van der Waals surface area contributed by atoms with Crippen LogP contribution in [0.15, 0.2) is 65.7 Å². The van der Waals surface area contributed by atoms with Gasteiger partial charge in [0.15, 0.2) is 17.3 Å². The number of nitrogens with zero attached hydrogens (tertiary/aromatic N) is 4. The Hall–Kier alpha value is -4.03. The van der Waals surface area contributed by atoms with Gasteiger partial charge >= 0.3 is 0 Å². The standard InChI is InChI=1S/C20H15ClN6O5S/c1-32-13-7-8-15(21)17(11-13)24-19-20(25-18-16(23-19)6-3-9-22-18)26-33(30,31)14-5-2-4-12(10-14)27(28)29/h2-11H,1H3,(H,23,24)(H,22,25,26). The molecule has 0 aliphatic heterocycles. The Bertz CT molecular complexity index is 1480. The molecule has 2 N–H and O–H groups in total. The van der Waals surface area contributed by atoms with Gasteiger partial charge < -0.3 is 10.1 Å². The number of nitrogens with one attached hydrogen (secondary N) is 2. The summed E-state index contributed by atoms with van der Waals surface area (Å²) in [5.74, 6) is 0.377. The normalized spacial score (nSPS) is 11.2. The number of rotatable bonds is 7. The number of fused-ring (bicyclic) bond motifs is 1. The number of pyridine rings is 1. The van der Waals surface area contributed by atoms with Crippen LogP contribution in [0.25, 0.3) is 11.2 Å². The molecule has 33 heavy (non-hydrogen) atoms. The van der Waals surface area contributed by atoms with Gasteiger partial charge in [0.05, 0.1) is 27.6 Å². The summed E-state index contributed by atoms with van der Waals surface area (Å²) in [6.07, 6.45) is 1.49. The first-order valence-electron chi connectivity index (χ1n) is 9.27. The third-order valence-corrected chi connectivity index (χ3v) is 6.10. The summed E-state index contributed by atoms with van der Waals surface area (Å²) in [6, 6.07) is 12.8. The van der Waals surface area contributed by atoms with Gasteiger partial charge in [-0.15, -0.1) is 0 Å². The molecule has 13 heteroatoms. The summed E-state index contributed by atoms with van der Waals surface area (Å²) in [4.78, 5) is 22.9. The van der Waals surface area contributed by atoms with Gasteiger partial charge in [0.2, 0.25) is 0 Å². The van der Waals surface area contributed by atoms with Crippen LogP contribution >= 0.6 is 11.6 Å². The second-order valence-corrected chi connectivity index (χ2v) is 8.69. The number of nitro benzene ring substituents is 1. The quantitative estimate of drug-likeness (QED) is 0.290. The van der Waals surface area contributed by atoms with E-state index in [0.717, 1.165) is 6.07 Å². The van der Waals surface area contributed by atoms with E-state index in [9.17, 15) is 18.5 Å². The number of halogens is 1. The lowest BCUT2D eigenvalue weighted by Crippen LogP contribution is -2.16. The van der Waals surface area contributed by atoms with Crippen LogP contribution in [0.4, 0.5) is 23.0 Å². The molecule has 0 aliphatic rings. The second-order valence-electron chi connectivity index (χ2n) is 6.60. The van der Waals surface area contributed by atoms with Crippen molar-refractivity contribution in [3.05, 3.63) is 75.9 Å². The third kappa shape index (κ3) is 4.76. The molecule has 0 bridgehead atoms. The zero-order chi connectivity index (χ0) is 23.6. The summed E-state index contributed by atoms with van der Waals surface area (Å²) < 4.78 is 33.5. The molecule has 2 aromatic heterocycles. The largest absolute Gasteiger partial charge is 0.497 e. The summed E-state index contributed by atoms with van der Waals surface area (Å²) in [5.41, 5.74) is 0.615. The highest BCUT2D eigenvalue weighted by Crippen LogP contribution is 2.32. The van der Waals surface area contributed by atoms with E-state index < -0.39 is 14.9 Å². The van der Waals surface area contributed by atoms with E-state index in [-0.39, 0.29) is 27.9 Å². The molecule has 0 atom stereocenters. The highest BCUT2D eigenvalue weighted by Gasteiger charge is 2.22. The van der Waals surface area contributed by atoms with Crippen LogP contribution in [0, 0.1) is 10.1 Å². The van der Waals surface area contributed by atoms with E-state index in [1.165, 1.54) is 31.5 Å². The number of non-ortho nitro benzene ring substituents is 1. The Morgan fingerprint density at radius 1 is 1.06 bits per heavy atom. The highest BCUT2D eigenvalue weighted by atomic mass is 35.5. The number of sulfonamides is 1. The monoisotopic (exact) mass is 486 g/mol. The molecule has 168 valence electrons. The van der Waals surface area contributed by atoms with Crippen molar-refractivity contribution in [3.8, 4) is 5.75 Å². The van der Waals surface area contributed by atoms with E-state index in [0.29, 0.717) is 22.0 Å². The molecule has 0 saturated heterocycles. The third-order valence-electron chi connectivity index (χ3n) is 4.44. The van der Waals surface area contributed by atoms with Gasteiger partial charge in [0.25, 0.3) is 15.7 Å². The Kier molecular flexibility index (Phi) is 5.94. The summed E-state index contributed by atoms with van der Waals surface area (Å²) in [5, 5.41) is 14.3. The molecule has 0 aliphatic carbocycles. The number of hydrogen-bond acceptors (Lipinski definition) is 9. The molecule has 2 heterocycles. The zero-order valence-corrected chi connectivity index (χ0v) is 18.5. The predicted octanol–water partition coefficient (Wildman–Crippen LogP) is 4.14. The van der Waals surface area contributed by atoms with Crippen LogP contribution in [0.1, 0.15) is 0 Å². The zero-order valence-electron chi connectivity index (χ0n) is 16.9. The van der Waals surface area contributed by atoms with Crippen molar-refractivity contribution in [1.29, 1.82) is 0 Å². The van der Waals surface area contributed by atoms with Crippen molar-refractivity contribution in [2.24, 2.45) is 0 Å². The lowest BCUT2D eigenvalue weighted by Gasteiger charge is -2.15. The Morgan fingerprint density at radius 2 is 1.88 bits per heavy atom. The Labute approximate surface area is 192 Å². The van der Waals surface area contributed by atoms with Crippen LogP contribution in [-0.4, -0.2) is 35.4 Å². The number of anilines is 3. The minimum Gasteiger partial charge on any atom is -0.497 e. The molecule has 4 rings (SSSR count). The van der Waals surface area contributed by atoms with Gasteiger partial charge in [-0.25, -0.2) is 23.4 Å². The van der Waals surface area contributed by atoms with Crippen molar-refractivity contribution in [2.45, 2.75) is 4.90 Å². The maximum absolute atomic E-state index is 13.0. The molecule has 4 aromatic rings. The lowest BCUT2D eigenvalue weighted by molar-refractivity contribution is -0.385. The molecule has 0 unspecified atom stereocenters. The molecule has 0 radical (unpaired) electrons. The molecule has 0 amide bonds. The molecular formula is C20H15ClN6O5S. The number of benzene rings is 2. The van der Waals surface area contributed by atoms with Crippen molar-refractivity contribution < 1.29 is 18.1 Å². The first-order chi connectivity index (χ1) is 15.8. The van der Waals surface area contributed by atoms with Gasteiger partial charge in [-0.05, 0) is 30.3 Å². The van der Waals surface area contributed by atoms with Gasteiger partial charge in [-0.2, -0.15) is 0 Å². The topological polar surface area (TPSA) is 149 Å². The lowest BCUT2D eigenvalue weighted by atomic mass is 10.3.